The Morgan fingerprint density at radius 1 is 1.11 bits per heavy atom. The van der Waals surface area contributed by atoms with Crippen LogP contribution in [0.1, 0.15) is 42.7 Å². The van der Waals surface area contributed by atoms with Crippen molar-refractivity contribution < 1.29 is 9.59 Å². The summed E-state index contributed by atoms with van der Waals surface area (Å²) in [6.07, 6.45) is -0.190. The minimum atomic E-state index is -0.432. The first-order chi connectivity index (χ1) is 8.84. The molecule has 4 nitrogen and oxygen atoms in total. The van der Waals surface area contributed by atoms with Gasteiger partial charge in [0.1, 0.15) is 12.2 Å². The Hall–Kier alpha value is -1.84. The molecule has 1 aromatic rings. The van der Waals surface area contributed by atoms with Gasteiger partial charge in [0.15, 0.2) is 0 Å². The van der Waals surface area contributed by atoms with Gasteiger partial charge in [0.05, 0.1) is 0 Å². The van der Waals surface area contributed by atoms with Crippen molar-refractivity contribution in [3.63, 3.8) is 0 Å². The van der Waals surface area contributed by atoms with E-state index in [1.165, 1.54) is 0 Å². The quantitative estimate of drug-likeness (QED) is 0.714. The van der Waals surface area contributed by atoms with Crippen LogP contribution in [0.4, 0.5) is 0 Å². The van der Waals surface area contributed by atoms with Gasteiger partial charge in [0, 0.05) is 18.0 Å². The summed E-state index contributed by atoms with van der Waals surface area (Å²) in [6, 6.07) is 6.99. The first-order valence-electron chi connectivity index (χ1n) is 6.52. The molecule has 2 heterocycles. The van der Waals surface area contributed by atoms with Crippen LogP contribution in [0.25, 0.3) is 0 Å². The topological polar surface area (TPSA) is 40.6 Å². The van der Waals surface area contributed by atoms with Crippen molar-refractivity contribution in [2.45, 2.75) is 33.0 Å². The lowest BCUT2D eigenvalue weighted by atomic mass is 9.91. The van der Waals surface area contributed by atoms with Crippen molar-refractivity contribution in [3.8, 4) is 0 Å². The molecular weight excluding hydrogens is 240 g/mol. The number of benzene rings is 1. The fraction of sp³-hybridized carbons (Fsp3) is 0.467. The predicted molar refractivity (Wildman–Crippen MR) is 71.4 cm³/mol. The molecule has 0 unspecified atom stereocenters. The van der Waals surface area contributed by atoms with E-state index in [0.29, 0.717) is 5.56 Å². The third-order valence-corrected chi connectivity index (χ3v) is 3.98. The molecule has 2 aliphatic heterocycles. The Bertz CT molecular complexity index is 574. The van der Waals surface area contributed by atoms with Gasteiger partial charge in [-0.05, 0) is 11.6 Å². The lowest BCUT2D eigenvalue weighted by Gasteiger charge is -2.37. The molecule has 1 aromatic carbocycles. The number of carbonyl (C=O) groups is 2. The smallest absolute Gasteiger partial charge is 0.256 e. The molecule has 0 bridgehead atoms. The van der Waals surface area contributed by atoms with Gasteiger partial charge in [0.25, 0.3) is 11.8 Å². The van der Waals surface area contributed by atoms with Gasteiger partial charge in [-0.3, -0.25) is 9.59 Å². The lowest BCUT2D eigenvalue weighted by molar-refractivity contribution is -0.129. The summed E-state index contributed by atoms with van der Waals surface area (Å²) in [6.45, 7) is 6.17. The van der Waals surface area contributed by atoms with Crippen LogP contribution < -0.4 is 0 Å². The van der Waals surface area contributed by atoms with Gasteiger partial charge in [-0.25, -0.2) is 0 Å². The summed E-state index contributed by atoms with van der Waals surface area (Å²) in [4.78, 5) is 28.5. The van der Waals surface area contributed by atoms with Gasteiger partial charge >= 0.3 is 0 Å². The molecule has 100 valence electrons. The van der Waals surface area contributed by atoms with Crippen LogP contribution in [-0.2, 0) is 4.79 Å². The van der Waals surface area contributed by atoms with Crippen molar-refractivity contribution in [3.05, 3.63) is 35.4 Å². The van der Waals surface area contributed by atoms with E-state index in [0.717, 1.165) is 5.56 Å². The number of fused-ring (bicyclic) bond motifs is 3. The molecular formula is C15H18N2O2. The van der Waals surface area contributed by atoms with E-state index in [2.05, 4.69) is 20.8 Å². The molecule has 3 rings (SSSR count). The van der Waals surface area contributed by atoms with E-state index >= 15 is 0 Å². The zero-order valence-corrected chi connectivity index (χ0v) is 11.7. The summed E-state index contributed by atoms with van der Waals surface area (Å²) in [5, 5.41) is 0. The first-order valence-corrected chi connectivity index (χ1v) is 6.52. The van der Waals surface area contributed by atoms with Crippen LogP contribution in [-0.4, -0.2) is 34.8 Å². The second kappa shape index (κ2) is 3.59. The zero-order chi connectivity index (χ0) is 13.9. The van der Waals surface area contributed by atoms with Crippen LogP contribution in [0.15, 0.2) is 24.3 Å². The van der Waals surface area contributed by atoms with Crippen LogP contribution >= 0.6 is 0 Å². The van der Waals surface area contributed by atoms with Crippen LogP contribution in [0.2, 0.25) is 0 Å². The molecule has 0 radical (unpaired) electrons. The molecule has 0 aliphatic carbocycles. The van der Waals surface area contributed by atoms with Gasteiger partial charge in [-0.15, -0.1) is 0 Å². The molecule has 0 saturated carbocycles. The Kier molecular flexibility index (Phi) is 2.31. The SMILES string of the molecule is CN1C(=O)[C@@H]2c3ccccc3C(=O)N2[C@H]1C(C)(C)C. The Labute approximate surface area is 113 Å². The molecule has 1 saturated heterocycles. The maximum atomic E-state index is 12.6. The van der Waals surface area contributed by atoms with E-state index in [1.54, 1.807) is 16.8 Å². The highest BCUT2D eigenvalue weighted by molar-refractivity contribution is 6.06. The predicted octanol–water partition coefficient (Wildman–Crippen LogP) is 2.03. The monoisotopic (exact) mass is 258 g/mol. The van der Waals surface area contributed by atoms with E-state index in [9.17, 15) is 9.59 Å². The van der Waals surface area contributed by atoms with Crippen molar-refractivity contribution >= 4 is 11.8 Å². The lowest BCUT2D eigenvalue weighted by Crippen LogP contribution is -2.48. The van der Waals surface area contributed by atoms with Gasteiger partial charge in [-0.1, -0.05) is 39.0 Å². The molecule has 2 aliphatic rings. The minimum Gasteiger partial charge on any atom is -0.322 e. The van der Waals surface area contributed by atoms with Crippen molar-refractivity contribution in [1.29, 1.82) is 0 Å². The van der Waals surface area contributed by atoms with Gasteiger partial charge in [0.2, 0.25) is 0 Å². The largest absolute Gasteiger partial charge is 0.322 e. The highest BCUT2D eigenvalue weighted by atomic mass is 16.2. The summed E-state index contributed by atoms with van der Waals surface area (Å²) in [7, 11) is 1.78. The number of rotatable bonds is 0. The minimum absolute atomic E-state index is 0.0122. The average molecular weight is 258 g/mol. The molecule has 2 amide bonds. The van der Waals surface area contributed by atoms with Gasteiger partial charge in [-0.2, -0.15) is 0 Å². The van der Waals surface area contributed by atoms with E-state index < -0.39 is 6.04 Å². The zero-order valence-electron chi connectivity index (χ0n) is 11.7. The third-order valence-electron chi connectivity index (χ3n) is 3.98. The van der Waals surface area contributed by atoms with Crippen LogP contribution in [0.5, 0.6) is 0 Å². The summed E-state index contributed by atoms with van der Waals surface area (Å²) >= 11 is 0. The number of nitrogens with zero attached hydrogens (tertiary/aromatic N) is 2. The summed E-state index contributed by atoms with van der Waals surface area (Å²) in [5.74, 6) is -0.0172. The van der Waals surface area contributed by atoms with E-state index in [1.807, 2.05) is 24.3 Å². The number of hydrogen-bond acceptors (Lipinski definition) is 2. The van der Waals surface area contributed by atoms with Crippen LogP contribution in [0.3, 0.4) is 0 Å². The standard InChI is InChI=1S/C15H18N2O2/c1-15(2,3)14-16(4)13(19)11-9-7-5-6-8-10(9)12(18)17(11)14/h5-8,11,14H,1-4H3/t11-,14-/m0/s1. The molecule has 0 spiro atoms. The van der Waals surface area contributed by atoms with E-state index in [4.69, 9.17) is 0 Å². The summed E-state index contributed by atoms with van der Waals surface area (Å²) in [5.41, 5.74) is 1.34. The fourth-order valence-electron chi connectivity index (χ4n) is 3.34. The molecule has 1 fully saturated rings. The average Bonchev–Trinajstić information content (AvgIpc) is 2.76. The maximum absolute atomic E-state index is 12.6. The molecule has 0 aromatic heterocycles. The maximum Gasteiger partial charge on any atom is 0.256 e. The van der Waals surface area contributed by atoms with Crippen molar-refractivity contribution in [2.24, 2.45) is 5.41 Å². The van der Waals surface area contributed by atoms with E-state index in [-0.39, 0.29) is 23.4 Å². The van der Waals surface area contributed by atoms with Crippen molar-refractivity contribution in [2.75, 3.05) is 7.05 Å². The van der Waals surface area contributed by atoms with Crippen molar-refractivity contribution in [1.82, 2.24) is 9.80 Å². The number of likely N-dealkylation sites (N-methyl/N-ethyl adjacent to an activating group) is 1. The third kappa shape index (κ3) is 1.46. The Morgan fingerprint density at radius 3 is 2.37 bits per heavy atom. The molecule has 19 heavy (non-hydrogen) atoms. The number of carbonyl (C=O) groups excluding carboxylic acids is 2. The highest BCUT2D eigenvalue weighted by Crippen LogP contribution is 2.46. The number of amides is 2. The molecule has 2 atom stereocenters. The highest BCUT2D eigenvalue weighted by Gasteiger charge is 2.56. The first kappa shape index (κ1) is 12.2. The van der Waals surface area contributed by atoms with Crippen LogP contribution in [0, 0.1) is 5.41 Å². The second-order valence-electron chi connectivity index (χ2n) is 6.39. The molecule has 4 heteroatoms. The Morgan fingerprint density at radius 2 is 1.74 bits per heavy atom. The second-order valence-corrected chi connectivity index (χ2v) is 6.39. The molecule has 0 N–H and O–H groups in total. The van der Waals surface area contributed by atoms with Gasteiger partial charge < -0.3 is 9.80 Å². The Balaban J connectivity index is 2.16. The number of hydrogen-bond donors (Lipinski definition) is 0. The summed E-state index contributed by atoms with van der Waals surface area (Å²) < 4.78 is 0. The fourth-order valence-corrected chi connectivity index (χ4v) is 3.34. The normalized spacial score (nSPS) is 25.9.